The molecule has 3 heteroatoms. The standard InChI is InChI=1S/C10H13I2N/c1-8(13-11)6-9-4-3-5-10(7-9)12-2/h3-5,7-8,13H,2,6H2,1H3/t8-/m0/s1. The zero-order valence-electron chi connectivity index (χ0n) is 7.56. The van der Waals surface area contributed by atoms with Gasteiger partial charge in [0.1, 0.15) is 0 Å². The maximum absolute atomic E-state index is 3.99. The van der Waals surface area contributed by atoms with Crippen LogP contribution in [-0.2, 0) is 6.42 Å². The van der Waals surface area contributed by atoms with Crippen LogP contribution in [0.3, 0.4) is 0 Å². The smallest absolute Gasteiger partial charge is 0.0175 e. The highest BCUT2D eigenvalue weighted by molar-refractivity contribution is 14.2. The summed E-state index contributed by atoms with van der Waals surface area (Å²) >= 11 is 2.19. The van der Waals surface area contributed by atoms with Crippen molar-refractivity contribution in [1.29, 1.82) is 0 Å². The van der Waals surface area contributed by atoms with Gasteiger partial charge in [-0.3, -0.25) is 3.53 Å². The second-order valence-electron chi connectivity index (χ2n) is 2.98. The minimum Gasteiger partial charge on any atom is -0.258 e. The van der Waals surface area contributed by atoms with E-state index in [1.54, 1.807) is 0 Å². The Labute approximate surface area is 104 Å². The maximum Gasteiger partial charge on any atom is 0.0175 e. The van der Waals surface area contributed by atoms with Gasteiger partial charge in [0.15, 0.2) is 0 Å². The number of hydrogen-bond donors (Lipinski definition) is 1. The van der Waals surface area contributed by atoms with Gasteiger partial charge < -0.3 is 0 Å². The first kappa shape index (κ1) is 11.6. The lowest BCUT2D eigenvalue weighted by molar-refractivity contribution is 0.707. The second kappa shape index (κ2) is 6.08. The first-order chi connectivity index (χ1) is 6.26. The van der Waals surface area contributed by atoms with E-state index in [2.05, 4.69) is 62.1 Å². The van der Waals surface area contributed by atoms with Gasteiger partial charge in [-0.05, 0) is 31.0 Å². The molecule has 1 nitrogen and oxygen atoms in total. The molecular formula is C10H13I2N. The lowest BCUT2D eigenvalue weighted by atomic mass is 10.1. The van der Waals surface area contributed by atoms with Crippen molar-refractivity contribution in [3.8, 4) is 0 Å². The summed E-state index contributed by atoms with van der Waals surface area (Å²) in [6.45, 7) is 2.19. The van der Waals surface area contributed by atoms with E-state index in [4.69, 9.17) is 0 Å². The Morgan fingerprint density at radius 3 is 3.00 bits per heavy atom. The monoisotopic (exact) mass is 401 g/mol. The Bertz CT molecular complexity index is 286. The normalized spacial score (nSPS) is 12.8. The maximum atomic E-state index is 3.99. The number of rotatable bonds is 4. The average molecular weight is 401 g/mol. The summed E-state index contributed by atoms with van der Waals surface area (Å²) in [5.74, 6) is 0. The lowest BCUT2D eigenvalue weighted by Gasteiger charge is -2.08. The third-order valence-electron chi connectivity index (χ3n) is 1.77. The molecule has 1 atom stereocenters. The Morgan fingerprint density at radius 2 is 2.38 bits per heavy atom. The minimum absolute atomic E-state index is 0.0101. The Hall–Kier alpha value is 0.510. The molecule has 1 N–H and O–H groups in total. The van der Waals surface area contributed by atoms with E-state index in [0.717, 1.165) is 6.42 Å². The van der Waals surface area contributed by atoms with Crippen molar-refractivity contribution in [3.05, 3.63) is 33.4 Å². The van der Waals surface area contributed by atoms with Crippen molar-refractivity contribution in [2.75, 3.05) is 0 Å². The molecule has 0 aliphatic heterocycles. The fourth-order valence-corrected chi connectivity index (χ4v) is 2.44. The highest BCUT2D eigenvalue weighted by atomic mass is 127. The molecule has 0 unspecified atom stereocenters. The molecule has 1 aromatic carbocycles. The minimum atomic E-state index is -0.0101. The molecule has 0 saturated carbocycles. The van der Waals surface area contributed by atoms with Crippen LogP contribution in [0.1, 0.15) is 12.5 Å². The summed E-state index contributed by atoms with van der Waals surface area (Å²) in [5, 5.41) is 0. The van der Waals surface area contributed by atoms with Crippen LogP contribution in [0.4, 0.5) is 0 Å². The highest BCUT2D eigenvalue weighted by Crippen LogP contribution is 2.13. The van der Waals surface area contributed by atoms with Gasteiger partial charge in [-0.15, -0.1) is 0 Å². The van der Waals surface area contributed by atoms with Crippen LogP contribution >= 0.6 is 43.6 Å². The van der Waals surface area contributed by atoms with Gasteiger partial charge in [0.2, 0.25) is 0 Å². The average Bonchev–Trinajstić information content (AvgIpc) is 2.18. The number of hydrogen-bond acceptors (Lipinski definition) is 1. The van der Waals surface area contributed by atoms with Gasteiger partial charge in [0, 0.05) is 32.5 Å². The summed E-state index contributed by atoms with van der Waals surface area (Å²) in [4.78, 5) is 0. The van der Waals surface area contributed by atoms with Crippen LogP contribution in [0.15, 0.2) is 24.3 Å². The Morgan fingerprint density at radius 1 is 1.62 bits per heavy atom. The number of nitrogens with one attached hydrogen (secondary N) is 1. The summed E-state index contributed by atoms with van der Waals surface area (Å²) in [5.41, 5.74) is 1.41. The van der Waals surface area contributed by atoms with Crippen molar-refractivity contribution >= 4 is 48.1 Å². The van der Waals surface area contributed by atoms with Crippen LogP contribution in [0, 0.1) is 3.57 Å². The molecule has 0 aliphatic rings. The van der Waals surface area contributed by atoms with Gasteiger partial charge in [-0.2, -0.15) is 0 Å². The van der Waals surface area contributed by atoms with Crippen molar-refractivity contribution in [2.45, 2.75) is 19.4 Å². The second-order valence-corrected chi connectivity index (χ2v) is 5.61. The van der Waals surface area contributed by atoms with E-state index >= 15 is 0 Å². The van der Waals surface area contributed by atoms with Gasteiger partial charge in [-0.1, -0.05) is 37.4 Å². The summed E-state index contributed by atoms with van der Waals surface area (Å²) in [7, 11) is 0. The van der Waals surface area contributed by atoms with Crippen molar-refractivity contribution in [3.63, 3.8) is 0 Å². The van der Waals surface area contributed by atoms with E-state index in [1.807, 2.05) is 0 Å². The van der Waals surface area contributed by atoms with E-state index in [9.17, 15) is 0 Å². The first-order valence-electron chi connectivity index (χ1n) is 4.09. The summed E-state index contributed by atoms with van der Waals surface area (Å²) in [6, 6.07) is 9.32. The van der Waals surface area contributed by atoms with E-state index in [0.29, 0.717) is 6.04 Å². The van der Waals surface area contributed by atoms with Crippen LogP contribution in [0.2, 0.25) is 0 Å². The molecule has 13 heavy (non-hydrogen) atoms. The zero-order chi connectivity index (χ0) is 9.68. The molecule has 0 saturated heterocycles. The van der Waals surface area contributed by atoms with Crippen LogP contribution < -0.4 is 3.53 Å². The predicted octanol–water partition coefficient (Wildman–Crippen LogP) is 3.13. The predicted molar refractivity (Wildman–Crippen MR) is 76.6 cm³/mol. The molecule has 0 heterocycles. The molecule has 0 radical (unpaired) electrons. The topological polar surface area (TPSA) is 12.0 Å². The van der Waals surface area contributed by atoms with Crippen LogP contribution in [0.5, 0.6) is 0 Å². The fraction of sp³-hybridized carbons (Fsp3) is 0.300. The van der Waals surface area contributed by atoms with Gasteiger partial charge in [-0.25, -0.2) is 0 Å². The van der Waals surface area contributed by atoms with E-state index < -0.39 is 0 Å². The van der Waals surface area contributed by atoms with Crippen LogP contribution in [0.25, 0.3) is 0 Å². The van der Waals surface area contributed by atoms with Crippen molar-refractivity contribution < 1.29 is 0 Å². The Balaban J connectivity index is 2.71. The molecule has 0 amide bonds. The van der Waals surface area contributed by atoms with Crippen molar-refractivity contribution in [2.24, 2.45) is 0 Å². The van der Waals surface area contributed by atoms with E-state index in [1.165, 1.54) is 9.13 Å². The number of halogens is 2. The number of benzene rings is 1. The molecule has 1 rings (SSSR count). The van der Waals surface area contributed by atoms with Crippen LogP contribution in [-0.4, -0.2) is 10.6 Å². The first-order valence-corrected chi connectivity index (χ1v) is 7.78. The fourth-order valence-electron chi connectivity index (χ4n) is 1.14. The molecule has 0 bridgehead atoms. The summed E-state index contributed by atoms with van der Waals surface area (Å²) < 4.78 is 8.63. The Kier molecular flexibility index (Phi) is 5.42. The van der Waals surface area contributed by atoms with Gasteiger partial charge in [0.05, 0.1) is 0 Å². The SMILES string of the molecule is C=Ic1cccc(C[C@H](C)NI)c1. The molecule has 72 valence electrons. The molecule has 0 aromatic heterocycles. The molecule has 1 aromatic rings. The molecule has 0 aliphatic carbocycles. The lowest BCUT2D eigenvalue weighted by Crippen LogP contribution is -2.18. The zero-order valence-corrected chi connectivity index (χ0v) is 11.9. The third kappa shape index (κ3) is 4.03. The molecular weight excluding hydrogens is 388 g/mol. The molecule has 0 spiro atoms. The molecule has 0 fully saturated rings. The highest BCUT2D eigenvalue weighted by Gasteiger charge is 2.00. The largest absolute Gasteiger partial charge is 0.258 e. The van der Waals surface area contributed by atoms with E-state index in [-0.39, 0.29) is 20.7 Å². The third-order valence-corrected chi connectivity index (χ3v) is 4.39. The van der Waals surface area contributed by atoms with Gasteiger partial charge in [0.25, 0.3) is 0 Å². The quantitative estimate of drug-likeness (QED) is 0.604. The summed E-state index contributed by atoms with van der Waals surface area (Å²) in [6.07, 6.45) is 1.10. The van der Waals surface area contributed by atoms with Crippen molar-refractivity contribution in [1.82, 2.24) is 3.53 Å². The van der Waals surface area contributed by atoms with Gasteiger partial charge >= 0.3 is 0 Å².